The highest BCUT2D eigenvalue weighted by Gasteiger charge is 2.29. The largest absolute Gasteiger partial charge is 0.337 e. The lowest BCUT2D eigenvalue weighted by Crippen LogP contribution is -2.50. The van der Waals surface area contributed by atoms with E-state index in [0.29, 0.717) is 26.2 Å². The van der Waals surface area contributed by atoms with Crippen LogP contribution < -0.4 is 0 Å². The van der Waals surface area contributed by atoms with Crippen molar-refractivity contribution in [3.63, 3.8) is 0 Å². The van der Waals surface area contributed by atoms with Gasteiger partial charge in [-0.15, -0.1) is 0 Å². The summed E-state index contributed by atoms with van der Waals surface area (Å²) < 4.78 is 27.8. The van der Waals surface area contributed by atoms with Gasteiger partial charge in [0.1, 0.15) is 0 Å². The van der Waals surface area contributed by atoms with Gasteiger partial charge in [0, 0.05) is 36.7 Å². The molecular formula is C17H21BrN2O3S. The lowest BCUT2D eigenvalue weighted by atomic mass is 10.2. The van der Waals surface area contributed by atoms with Crippen molar-refractivity contribution >= 4 is 31.9 Å². The Hall–Kier alpha value is -1.44. The predicted molar refractivity (Wildman–Crippen MR) is 98.2 cm³/mol. The third-order valence-corrected chi connectivity index (χ3v) is 6.64. The molecule has 0 aliphatic carbocycles. The number of allylic oxidation sites excluding steroid dienone is 3. The zero-order chi connectivity index (χ0) is 17.7. The summed E-state index contributed by atoms with van der Waals surface area (Å²) in [6.07, 6.45) is 6.82. The van der Waals surface area contributed by atoms with Gasteiger partial charge in [0.15, 0.2) is 0 Å². The van der Waals surface area contributed by atoms with Crippen LogP contribution in [0.4, 0.5) is 0 Å². The summed E-state index contributed by atoms with van der Waals surface area (Å²) in [4.78, 5) is 14.0. The highest BCUT2D eigenvalue weighted by atomic mass is 79.9. The highest BCUT2D eigenvalue weighted by Crippen LogP contribution is 2.23. The topological polar surface area (TPSA) is 57.7 Å². The number of carbonyl (C=O) groups excluding carboxylic acids is 1. The lowest BCUT2D eigenvalue weighted by molar-refractivity contribution is -0.127. The molecule has 1 fully saturated rings. The average Bonchev–Trinajstić information content (AvgIpc) is 2.57. The number of piperazine rings is 1. The molecule has 0 saturated carbocycles. The molecule has 1 heterocycles. The van der Waals surface area contributed by atoms with Gasteiger partial charge < -0.3 is 4.90 Å². The summed E-state index contributed by atoms with van der Waals surface area (Å²) in [5.74, 6) is -0.0929. The monoisotopic (exact) mass is 412 g/mol. The van der Waals surface area contributed by atoms with E-state index < -0.39 is 10.0 Å². The number of nitrogens with zero attached hydrogens (tertiary/aromatic N) is 2. The van der Waals surface area contributed by atoms with E-state index in [2.05, 4.69) is 15.9 Å². The second kappa shape index (κ2) is 8.09. The zero-order valence-electron chi connectivity index (χ0n) is 13.8. The van der Waals surface area contributed by atoms with Crippen molar-refractivity contribution in [3.8, 4) is 0 Å². The maximum atomic E-state index is 12.7. The second-order valence-corrected chi connectivity index (χ2v) is 8.32. The van der Waals surface area contributed by atoms with Gasteiger partial charge in [-0.25, -0.2) is 8.42 Å². The van der Waals surface area contributed by atoms with E-state index in [1.54, 1.807) is 35.3 Å². The van der Waals surface area contributed by atoms with Crippen molar-refractivity contribution in [2.45, 2.75) is 18.7 Å². The van der Waals surface area contributed by atoms with E-state index in [4.69, 9.17) is 0 Å². The molecule has 7 heteroatoms. The molecule has 1 aliphatic rings. The molecule has 0 unspecified atom stereocenters. The van der Waals surface area contributed by atoms with Crippen molar-refractivity contribution in [2.75, 3.05) is 26.2 Å². The van der Waals surface area contributed by atoms with E-state index in [9.17, 15) is 13.2 Å². The van der Waals surface area contributed by atoms with Crippen molar-refractivity contribution in [3.05, 3.63) is 52.5 Å². The van der Waals surface area contributed by atoms with Crippen LogP contribution in [0.15, 0.2) is 51.9 Å². The molecule has 0 atom stereocenters. The van der Waals surface area contributed by atoms with E-state index in [0.717, 1.165) is 10.0 Å². The second-order valence-electron chi connectivity index (χ2n) is 5.53. The van der Waals surface area contributed by atoms with Gasteiger partial charge >= 0.3 is 0 Å². The maximum Gasteiger partial charge on any atom is 0.246 e. The lowest BCUT2D eigenvalue weighted by Gasteiger charge is -2.33. The smallest absolute Gasteiger partial charge is 0.246 e. The zero-order valence-corrected chi connectivity index (χ0v) is 16.2. The number of sulfonamides is 1. The molecule has 1 saturated heterocycles. The molecule has 130 valence electrons. The van der Waals surface area contributed by atoms with Gasteiger partial charge in [0.25, 0.3) is 0 Å². The Labute approximate surface area is 151 Å². The number of benzene rings is 1. The van der Waals surface area contributed by atoms with Crippen LogP contribution in [0.2, 0.25) is 0 Å². The molecule has 0 bridgehead atoms. The summed E-state index contributed by atoms with van der Waals surface area (Å²) >= 11 is 3.38. The molecule has 0 spiro atoms. The van der Waals surface area contributed by atoms with Crippen LogP contribution in [-0.2, 0) is 14.8 Å². The van der Waals surface area contributed by atoms with E-state index in [1.807, 2.05) is 19.9 Å². The normalized spacial score (nSPS) is 17.0. The average molecular weight is 413 g/mol. The molecule has 1 aliphatic heterocycles. The Balaban J connectivity index is 2.05. The maximum absolute atomic E-state index is 12.7. The summed E-state index contributed by atoms with van der Waals surface area (Å²) in [6, 6.07) is 5.01. The van der Waals surface area contributed by atoms with E-state index in [1.165, 1.54) is 10.4 Å². The molecule has 0 radical (unpaired) electrons. The Morgan fingerprint density at radius 1 is 1.17 bits per heavy atom. The first-order valence-electron chi connectivity index (χ1n) is 7.71. The first-order chi connectivity index (χ1) is 11.4. The van der Waals surface area contributed by atoms with Crippen LogP contribution in [0, 0.1) is 6.92 Å². The molecule has 1 aromatic rings. The number of hydrogen-bond acceptors (Lipinski definition) is 3. The Morgan fingerprint density at radius 2 is 1.83 bits per heavy atom. The van der Waals surface area contributed by atoms with Crippen LogP contribution in [0.25, 0.3) is 0 Å². The Kier molecular flexibility index (Phi) is 6.37. The van der Waals surface area contributed by atoms with Crippen molar-refractivity contribution in [1.29, 1.82) is 0 Å². The van der Waals surface area contributed by atoms with Crippen LogP contribution in [-0.4, -0.2) is 49.7 Å². The Morgan fingerprint density at radius 3 is 2.42 bits per heavy atom. The van der Waals surface area contributed by atoms with Crippen LogP contribution in [0.3, 0.4) is 0 Å². The molecule has 0 aromatic heterocycles. The molecule has 2 rings (SSSR count). The number of carbonyl (C=O) groups is 1. The highest BCUT2D eigenvalue weighted by molar-refractivity contribution is 9.10. The van der Waals surface area contributed by atoms with Gasteiger partial charge in [-0.05, 0) is 37.6 Å². The van der Waals surface area contributed by atoms with E-state index >= 15 is 0 Å². The summed E-state index contributed by atoms with van der Waals surface area (Å²) in [5, 5.41) is 0. The van der Waals surface area contributed by atoms with E-state index in [-0.39, 0.29) is 10.8 Å². The van der Waals surface area contributed by atoms with Gasteiger partial charge in [-0.1, -0.05) is 34.2 Å². The van der Waals surface area contributed by atoms with Crippen LogP contribution in [0.5, 0.6) is 0 Å². The van der Waals surface area contributed by atoms with Crippen molar-refractivity contribution < 1.29 is 13.2 Å². The number of hydrogen-bond donors (Lipinski definition) is 0. The van der Waals surface area contributed by atoms with Crippen LogP contribution >= 0.6 is 15.9 Å². The summed E-state index contributed by atoms with van der Waals surface area (Å²) in [7, 11) is -3.53. The standard InChI is InChI=1S/C17H21BrN2O3S/c1-3-4-5-6-17(21)19-9-11-20(12-10-19)24(22,23)15-7-8-16(18)14(2)13-15/h3-8,13H,9-12H2,1-2H3/b4-3+,6-5+. The molecule has 0 N–H and O–H groups in total. The predicted octanol–water partition coefficient (Wildman–Crippen LogP) is 2.72. The minimum absolute atomic E-state index is 0.0929. The molecule has 24 heavy (non-hydrogen) atoms. The molecule has 1 aromatic carbocycles. The first kappa shape index (κ1) is 18.9. The number of rotatable bonds is 4. The van der Waals surface area contributed by atoms with Gasteiger partial charge in [-0.2, -0.15) is 4.31 Å². The summed E-state index contributed by atoms with van der Waals surface area (Å²) in [5.41, 5.74) is 0.874. The van der Waals surface area contributed by atoms with Crippen molar-refractivity contribution in [1.82, 2.24) is 9.21 Å². The summed E-state index contributed by atoms with van der Waals surface area (Å²) in [6.45, 7) is 5.14. The molecule has 1 amide bonds. The Bertz CT molecular complexity index is 764. The minimum atomic E-state index is -3.53. The number of aryl methyl sites for hydroxylation is 1. The van der Waals surface area contributed by atoms with Crippen molar-refractivity contribution in [2.24, 2.45) is 0 Å². The fraction of sp³-hybridized carbons (Fsp3) is 0.353. The minimum Gasteiger partial charge on any atom is -0.337 e. The fourth-order valence-electron chi connectivity index (χ4n) is 2.43. The fourth-order valence-corrected chi connectivity index (χ4v) is 4.18. The molecule has 5 nitrogen and oxygen atoms in total. The first-order valence-corrected chi connectivity index (χ1v) is 9.94. The molecular weight excluding hydrogens is 392 g/mol. The third-order valence-electron chi connectivity index (χ3n) is 3.86. The SMILES string of the molecule is C/C=C/C=C/C(=O)N1CCN(S(=O)(=O)c2ccc(Br)c(C)c2)CC1. The third kappa shape index (κ3) is 4.34. The van der Waals surface area contributed by atoms with Crippen LogP contribution in [0.1, 0.15) is 12.5 Å². The quantitative estimate of drug-likeness (QED) is 0.564. The van der Waals surface area contributed by atoms with Gasteiger partial charge in [-0.3, -0.25) is 4.79 Å². The number of amides is 1. The van der Waals surface area contributed by atoms with Gasteiger partial charge in [0.05, 0.1) is 4.90 Å². The number of halogens is 1. The van der Waals surface area contributed by atoms with Gasteiger partial charge in [0.2, 0.25) is 15.9 Å².